The SMILES string of the molecule is CC(C)(C)c1cc[c-]cc1.CC(C)(C)c1cc[c-]cc1.CC1=C[CH-]C(C)(C)c2cc3c(cc21)-c1cc2c(cc1C3)C(C)(C)CC=C2C.Cl.Cl.[C-]1=CC=CC1.[CH2]=[Zr]. The van der Waals surface area contributed by atoms with Crippen molar-refractivity contribution in [1.82, 2.24) is 0 Å². The molecule has 298 valence electrons. The van der Waals surface area contributed by atoms with Crippen molar-refractivity contribution in [2.75, 3.05) is 0 Å². The van der Waals surface area contributed by atoms with Gasteiger partial charge in [-0.1, -0.05) is 104 Å². The van der Waals surface area contributed by atoms with E-state index in [-0.39, 0.29) is 46.5 Å². The van der Waals surface area contributed by atoms with Crippen LogP contribution in [0.25, 0.3) is 22.3 Å². The maximum atomic E-state index is 3.34. The molecule has 8 rings (SSSR count). The zero-order valence-electron chi connectivity index (χ0n) is 36.0. The first-order valence-electron chi connectivity index (χ1n) is 19.4. The Bertz CT molecular complexity index is 1870. The van der Waals surface area contributed by atoms with E-state index in [1.165, 1.54) is 91.0 Å². The zero-order valence-corrected chi connectivity index (χ0v) is 40.1. The van der Waals surface area contributed by atoms with Crippen LogP contribution in [0.2, 0.25) is 0 Å². The van der Waals surface area contributed by atoms with Gasteiger partial charge in [-0.15, -0.1) is 43.7 Å². The third-order valence-electron chi connectivity index (χ3n) is 10.9. The number of rotatable bonds is 0. The summed E-state index contributed by atoms with van der Waals surface area (Å²) < 4.78 is 3.34. The maximum absolute atomic E-state index is 3.34. The Morgan fingerprint density at radius 1 is 0.661 bits per heavy atom. The minimum absolute atomic E-state index is 0. The summed E-state index contributed by atoms with van der Waals surface area (Å²) in [6.07, 6.45) is 19.3. The van der Waals surface area contributed by atoms with Gasteiger partial charge in [-0.2, -0.15) is 83.4 Å². The molecule has 0 heterocycles. The molecule has 0 aliphatic heterocycles. The Morgan fingerprint density at radius 3 is 1.52 bits per heavy atom. The van der Waals surface area contributed by atoms with Gasteiger partial charge in [-0.25, -0.2) is 24.6 Å². The van der Waals surface area contributed by atoms with E-state index in [1.54, 1.807) is 0 Å². The van der Waals surface area contributed by atoms with Crippen LogP contribution in [0, 0.1) is 24.6 Å². The van der Waals surface area contributed by atoms with Crippen LogP contribution in [0.15, 0.2) is 103 Å². The van der Waals surface area contributed by atoms with Gasteiger partial charge in [0.15, 0.2) is 0 Å². The molecule has 0 aromatic heterocycles. The predicted molar refractivity (Wildman–Crippen MR) is 248 cm³/mol. The molecule has 0 saturated heterocycles. The molecule has 56 heavy (non-hydrogen) atoms. The summed E-state index contributed by atoms with van der Waals surface area (Å²) in [7, 11) is 0. The Hall–Kier alpha value is -2.96. The minimum atomic E-state index is 0. The molecule has 4 aromatic rings. The fraction of sp³-hybridized carbons (Fsp3) is 0.358. The van der Waals surface area contributed by atoms with Crippen molar-refractivity contribution in [3.8, 4) is 11.1 Å². The summed E-state index contributed by atoms with van der Waals surface area (Å²) in [5.74, 6) is 0. The van der Waals surface area contributed by atoms with Crippen molar-refractivity contribution in [1.29, 1.82) is 0 Å². The molecular weight excluding hydrogens is 799 g/mol. The van der Waals surface area contributed by atoms with Crippen molar-refractivity contribution in [2.45, 2.75) is 124 Å². The molecule has 0 radical (unpaired) electrons. The van der Waals surface area contributed by atoms with Crippen LogP contribution in [-0.2, 0) is 52.3 Å². The molecule has 0 unspecified atom stereocenters. The quantitative estimate of drug-likeness (QED) is 0.136. The average Bonchev–Trinajstić information content (AvgIpc) is 3.84. The van der Waals surface area contributed by atoms with E-state index >= 15 is 0 Å². The van der Waals surface area contributed by atoms with E-state index in [4.69, 9.17) is 0 Å². The van der Waals surface area contributed by atoms with Crippen molar-refractivity contribution in [2.24, 2.45) is 0 Å². The fourth-order valence-electron chi connectivity index (χ4n) is 7.29. The topological polar surface area (TPSA) is 0 Å². The third-order valence-corrected chi connectivity index (χ3v) is 10.9. The number of fused-ring (bicyclic) bond motifs is 5. The van der Waals surface area contributed by atoms with Gasteiger partial charge in [0.2, 0.25) is 0 Å². The first kappa shape index (κ1) is 49.2. The fourth-order valence-corrected chi connectivity index (χ4v) is 7.29. The van der Waals surface area contributed by atoms with E-state index in [1.807, 2.05) is 36.4 Å². The second kappa shape index (κ2) is 20.6. The normalized spacial score (nSPS) is 15.6. The Kier molecular flexibility index (Phi) is 18.1. The molecule has 0 spiro atoms. The molecule has 4 aliphatic carbocycles. The van der Waals surface area contributed by atoms with E-state index < -0.39 is 0 Å². The van der Waals surface area contributed by atoms with Gasteiger partial charge in [0.25, 0.3) is 0 Å². The summed E-state index contributed by atoms with van der Waals surface area (Å²) in [5.41, 5.74) is 18.3. The van der Waals surface area contributed by atoms with E-state index in [0.717, 1.165) is 19.3 Å². The summed E-state index contributed by atoms with van der Waals surface area (Å²) in [6.45, 7) is 27.2. The van der Waals surface area contributed by atoms with E-state index in [2.05, 4.69) is 179 Å². The van der Waals surface area contributed by atoms with Gasteiger partial charge in [-0.05, 0) is 81.0 Å². The van der Waals surface area contributed by atoms with Gasteiger partial charge in [0.05, 0.1) is 0 Å². The van der Waals surface area contributed by atoms with Gasteiger partial charge in [0.1, 0.15) is 0 Å². The van der Waals surface area contributed by atoms with Crippen LogP contribution in [0.3, 0.4) is 0 Å². The number of benzene rings is 4. The molecule has 0 N–H and O–H groups in total. The standard InChI is InChI=1S/C27H29.2C10H13.C5H5.CH2.2ClH.Zr/c1-16-7-9-26(3,4)24-12-18-11-19-13-25-21(17(2)8-10-27(25,5)6)15-23(19)22(18)14-20(16)24;2*1-10(2,3)9-7-5-4-6-8-9;1-2-4-5-3-1;;;;/h7-9,12-15H,10-11H2,1-6H3;2*5-8H,1-3H3;1-3H,4H2;1H2;2*1H;/q4*-1;;;;. The monoisotopic (exact) mass is 860 g/mol. The molecule has 4 aliphatic rings. The van der Waals surface area contributed by atoms with Crippen LogP contribution < -0.4 is 0 Å². The number of hydrogen-bond acceptors (Lipinski definition) is 0. The van der Waals surface area contributed by atoms with Crippen LogP contribution in [-0.4, -0.2) is 4.21 Å². The molecular formula is C53H64Cl2Zr-4. The molecule has 0 atom stereocenters. The van der Waals surface area contributed by atoms with Gasteiger partial charge in [-0.3, -0.25) is 6.08 Å². The van der Waals surface area contributed by atoms with Crippen molar-refractivity contribution in [3.63, 3.8) is 0 Å². The molecule has 4 aromatic carbocycles. The molecule has 3 heteroatoms. The van der Waals surface area contributed by atoms with Crippen LogP contribution in [0.4, 0.5) is 0 Å². The summed E-state index contributed by atoms with van der Waals surface area (Å²) in [5, 5.41) is 0. The van der Waals surface area contributed by atoms with E-state index in [0.29, 0.717) is 0 Å². The Labute approximate surface area is 369 Å². The number of allylic oxidation sites excluding steroid dienone is 8. The second-order valence-corrected chi connectivity index (χ2v) is 18.1. The van der Waals surface area contributed by atoms with Crippen LogP contribution >= 0.6 is 24.8 Å². The summed E-state index contributed by atoms with van der Waals surface area (Å²) in [6, 6.07) is 32.2. The zero-order chi connectivity index (χ0) is 39.9. The van der Waals surface area contributed by atoms with Crippen LogP contribution in [0.1, 0.15) is 140 Å². The molecule has 0 fully saturated rings. The molecule has 0 saturated carbocycles. The summed E-state index contributed by atoms with van der Waals surface area (Å²) >= 11 is 1.30. The molecule has 0 amide bonds. The average molecular weight is 863 g/mol. The van der Waals surface area contributed by atoms with E-state index in [9.17, 15) is 0 Å². The number of hydrogen-bond donors (Lipinski definition) is 0. The van der Waals surface area contributed by atoms with Crippen molar-refractivity contribution >= 4 is 40.2 Å². The van der Waals surface area contributed by atoms with Gasteiger partial charge in [0, 0.05) is 0 Å². The summed E-state index contributed by atoms with van der Waals surface area (Å²) in [4.78, 5) is 0. The van der Waals surface area contributed by atoms with Crippen LogP contribution in [0.5, 0.6) is 0 Å². The second-order valence-electron chi connectivity index (χ2n) is 18.1. The van der Waals surface area contributed by atoms with Crippen molar-refractivity contribution in [3.05, 3.63) is 172 Å². The first-order valence-corrected chi connectivity index (χ1v) is 21.2. The molecule has 0 nitrogen and oxygen atoms in total. The predicted octanol–water partition coefficient (Wildman–Crippen LogP) is 14.9. The first-order chi connectivity index (χ1) is 25.4. The Morgan fingerprint density at radius 2 is 1.12 bits per heavy atom. The number of halogens is 2. The third kappa shape index (κ3) is 12.3. The molecule has 0 bridgehead atoms. The van der Waals surface area contributed by atoms with Crippen molar-refractivity contribution < 1.29 is 24.2 Å². The Balaban J connectivity index is 0.000000308. The van der Waals surface area contributed by atoms with Gasteiger partial charge < -0.3 is 0 Å². The van der Waals surface area contributed by atoms with Gasteiger partial charge >= 0.3 is 28.4 Å².